The van der Waals surface area contributed by atoms with Gasteiger partial charge in [0.25, 0.3) is 22.0 Å². The van der Waals surface area contributed by atoms with Crippen LogP contribution in [-0.4, -0.2) is 66.5 Å². The SMILES string of the molecule is CN(C1CCCCC1)S(=O)(=O)N1CCC(CN2C(=O)c3ccccc3C2=O)CC1. The summed E-state index contributed by atoms with van der Waals surface area (Å²) < 4.78 is 29.2. The van der Waals surface area contributed by atoms with Gasteiger partial charge in [-0.15, -0.1) is 0 Å². The van der Waals surface area contributed by atoms with Gasteiger partial charge >= 0.3 is 0 Å². The molecule has 8 heteroatoms. The number of nitrogens with zero attached hydrogens (tertiary/aromatic N) is 3. The molecule has 4 rings (SSSR count). The first-order valence-corrected chi connectivity index (χ1v) is 12.0. The molecule has 29 heavy (non-hydrogen) atoms. The molecule has 1 saturated heterocycles. The summed E-state index contributed by atoms with van der Waals surface area (Å²) in [7, 11) is -1.75. The molecule has 0 radical (unpaired) electrons. The summed E-state index contributed by atoms with van der Waals surface area (Å²) in [5, 5.41) is 0. The van der Waals surface area contributed by atoms with Gasteiger partial charge < -0.3 is 0 Å². The lowest BCUT2D eigenvalue weighted by Gasteiger charge is -2.38. The molecule has 3 aliphatic rings. The van der Waals surface area contributed by atoms with Gasteiger partial charge in [0.15, 0.2) is 0 Å². The zero-order chi connectivity index (χ0) is 20.6. The number of amides is 2. The van der Waals surface area contributed by atoms with Crippen LogP contribution in [0.1, 0.15) is 65.7 Å². The van der Waals surface area contributed by atoms with Crippen molar-refractivity contribution < 1.29 is 18.0 Å². The van der Waals surface area contributed by atoms with E-state index in [0.717, 1.165) is 25.7 Å². The number of benzene rings is 1. The number of piperidine rings is 1. The van der Waals surface area contributed by atoms with E-state index in [0.29, 0.717) is 43.6 Å². The second-order valence-electron chi connectivity index (χ2n) is 8.42. The predicted octanol–water partition coefficient (Wildman–Crippen LogP) is 2.50. The fourth-order valence-corrected chi connectivity index (χ4v) is 6.43. The fourth-order valence-electron chi connectivity index (χ4n) is 4.80. The van der Waals surface area contributed by atoms with Gasteiger partial charge in [-0.3, -0.25) is 14.5 Å². The topological polar surface area (TPSA) is 78.0 Å². The van der Waals surface area contributed by atoms with Gasteiger partial charge in [-0.2, -0.15) is 17.0 Å². The van der Waals surface area contributed by atoms with Crippen LogP contribution in [0.4, 0.5) is 0 Å². The van der Waals surface area contributed by atoms with Crippen LogP contribution in [0.2, 0.25) is 0 Å². The molecule has 1 aliphatic carbocycles. The number of fused-ring (bicyclic) bond motifs is 1. The highest BCUT2D eigenvalue weighted by atomic mass is 32.2. The monoisotopic (exact) mass is 419 g/mol. The summed E-state index contributed by atoms with van der Waals surface area (Å²) in [5.74, 6) is -0.348. The van der Waals surface area contributed by atoms with Gasteiger partial charge in [-0.1, -0.05) is 31.4 Å². The molecule has 0 atom stereocenters. The van der Waals surface area contributed by atoms with Crippen molar-refractivity contribution in [2.75, 3.05) is 26.7 Å². The van der Waals surface area contributed by atoms with Crippen molar-refractivity contribution in [2.45, 2.75) is 51.0 Å². The van der Waals surface area contributed by atoms with Crippen molar-refractivity contribution in [3.8, 4) is 0 Å². The van der Waals surface area contributed by atoms with Crippen LogP contribution in [0, 0.1) is 5.92 Å². The molecule has 1 aromatic rings. The first kappa shape index (κ1) is 20.5. The van der Waals surface area contributed by atoms with E-state index in [4.69, 9.17) is 0 Å². The Labute approximate surface area is 172 Å². The minimum Gasteiger partial charge on any atom is -0.274 e. The number of rotatable bonds is 5. The zero-order valence-electron chi connectivity index (χ0n) is 16.9. The molecule has 2 amide bonds. The summed E-state index contributed by atoms with van der Waals surface area (Å²) in [5.41, 5.74) is 0.929. The number of imide groups is 1. The summed E-state index contributed by atoms with van der Waals surface area (Å²) in [6, 6.07) is 7.00. The van der Waals surface area contributed by atoms with Crippen LogP contribution in [0.25, 0.3) is 0 Å². The Morgan fingerprint density at radius 2 is 1.48 bits per heavy atom. The standard InChI is InChI=1S/C21H29N3O4S/c1-22(17-7-3-2-4-8-17)29(27,28)23-13-11-16(12-14-23)15-24-20(25)18-9-5-6-10-19(18)21(24)26/h5-6,9-10,16-17H,2-4,7-8,11-15H2,1H3. The van der Waals surface area contributed by atoms with E-state index in [-0.39, 0.29) is 23.8 Å². The van der Waals surface area contributed by atoms with Crippen LogP contribution < -0.4 is 0 Å². The van der Waals surface area contributed by atoms with E-state index in [1.165, 1.54) is 11.3 Å². The fraction of sp³-hybridized carbons (Fsp3) is 0.619. The largest absolute Gasteiger partial charge is 0.281 e. The molecular formula is C21H29N3O4S. The molecule has 158 valence electrons. The first-order chi connectivity index (χ1) is 13.9. The number of hydrogen-bond donors (Lipinski definition) is 0. The maximum absolute atomic E-state index is 13.0. The van der Waals surface area contributed by atoms with E-state index in [1.54, 1.807) is 39.9 Å². The van der Waals surface area contributed by atoms with Gasteiger partial charge in [0, 0.05) is 32.7 Å². The molecular weight excluding hydrogens is 390 g/mol. The lowest BCUT2D eigenvalue weighted by Crippen LogP contribution is -2.50. The van der Waals surface area contributed by atoms with Crippen molar-refractivity contribution in [3.63, 3.8) is 0 Å². The van der Waals surface area contributed by atoms with Crippen molar-refractivity contribution in [3.05, 3.63) is 35.4 Å². The Bertz CT molecular complexity index is 852. The molecule has 1 saturated carbocycles. The van der Waals surface area contributed by atoms with Crippen LogP contribution in [0.5, 0.6) is 0 Å². The van der Waals surface area contributed by atoms with E-state index in [9.17, 15) is 18.0 Å². The molecule has 7 nitrogen and oxygen atoms in total. The van der Waals surface area contributed by atoms with Gasteiger partial charge in [0.1, 0.15) is 0 Å². The van der Waals surface area contributed by atoms with E-state index < -0.39 is 10.2 Å². The summed E-state index contributed by atoms with van der Waals surface area (Å²) in [4.78, 5) is 26.4. The highest BCUT2D eigenvalue weighted by molar-refractivity contribution is 7.86. The second-order valence-corrected chi connectivity index (χ2v) is 10.4. The van der Waals surface area contributed by atoms with Gasteiger partial charge in [0.2, 0.25) is 0 Å². The Kier molecular flexibility index (Phi) is 5.77. The number of carbonyl (C=O) groups is 2. The maximum Gasteiger partial charge on any atom is 0.281 e. The highest BCUT2D eigenvalue weighted by Gasteiger charge is 2.39. The van der Waals surface area contributed by atoms with Crippen LogP contribution in [-0.2, 0) is 10.2 Å². The molecule has 2 heterocycles. The third-order valence-electron chi connectivity index (χ3n) is 6.67. The van der Waals surface area contributed by atoms with Crippen molar-refractivity contribution in [1.29, 1.82) is 0 Å². The molecule has 1 aromatic carbocycles. The molecule has 2 fully saturated rings. The van der Waals surface area contributed by atoms with Crippen LogP contribution in [0.3, 0.4) is 0 Å². The minimum absolute atomic E-state index is 0.102. The van der Waals surface area contributed by atoms with E-state index in [2.05, 4.69) is 0 Å². The van der Waals surface area contributed by atoms with Crippen molar-refractivity contribution >= 4 is 22.0 Å². The van der Waals surface area contributed by atoms with Crippen LogP contribution >= 0.6 is 0 Å². The molecule has 0 bridgehead atoms. The summed E-state index contributed by atoms with van der Waals surface area (Å²) >= 11 is 0. The Hall–Kier alpha value is -1.77. The highest BCUT2D eigenvalue weighted by Crippen LogP contribution is 2.29. The van der Waals surface area contributed by atoms with Crippen molar-refractivity contribution in [2.24, 2.45) is 5.92 Å². The first-order valence-electron chi connectivity index (χ1n) is 10.6. The number of carbonyl (C=O) groups excluding carboxylic acids is 2. The Morgan fingerprint density at radius 1 is 0.931 bits per heavy atom. The third kappa shape index (κ3) is 3.85. The normalized spacial score (nSPS) is 22.5. The van der Waals surface area contributed by atoms with E-state index in [1.807, 2.05) is 0 Å². The quantitative estimate of drug-likeness (QED) is 0.687. The van der Waals surface area contributed by atoms with Gasteiger partial charge in [-0.25, -0.2) is 0 Å². The minimum atomic E-state index is -3.46. The Balaban J connectivity index is 1.35. The molecule has 2 aliphatic heterocycles. The predicted molar refractivity (Wildman–Crippen MR) is 110 cm³/mol. The molecule has 0 unspecified atom stereocenters. The number of hydrogen-bond acceptors (Lipinski definition) is 4. The van der Waals surface area contributed by atoms with Crippen LogP contribution in [0.15, 0.2) is 24.3 Å². The van der Waals surface area contributed by atoms with Gasteiger partial charge in [0.05, 0.1) is 11.1 Å². The Morgan fingerprint density at radius 3 is 2.03 bits per heavy atom. The summed E-state index contributed by atoms with van der Waals surface area (Å²) in [6.07, 6.45) is 6.56. The van der Waals surface area contributed by atoms with E-state index >= 15 is 0 Å². The van der Waals surface area contributed by atoms with Crippen molar-refractivity contribution in [1.82, 2.24) is 13.5 Å². The molecule has 0 N–H and O–H groups in total. The smallest absolute Gasteiger partial charge is 0.274 e. The second kappa shape index (κ2) is 8.16. The van der Waals surface area contributed by atoms with Gasteiger partial charge in [-0.05, 0) is 43.7 Å². The average molecular weight is 420 g/mol. The zero-order valence-corrected chi connectivity index (χ0v) is 17.7. The maximum atomic E-state index is 13.0. The molecule has 0 aromatic heterocycles. The average Bonchev–Trinajstić information content (AvgIpc) is 2.99. The third-order valence-corrected chi connectivity index (χ3v) is 8.72. The summed E-state index contributed by atoms with van der Waals surface area (Å²) in [6.45, 7) is 1.24. The lowest BCUT2D eigenvalue weighted by molar-refractivity contribution is 0.0610. The lowest BCUT2D eigenvalue weighted by atomic mass is 9.96. The molecule has 0 spiro atoms.